The summed E-state index contributed by atoms with van der Waals surface area (Å²) >= 11 is 0. The molecule has 1 rings (SSSR count). The molecule has 0 saturated carbocycles. The van der Waals surface area contributed by atoms with Crippen LogP contribution in [0.5, 0.6) is 0 Å². The smallest absolute Gasteiger partial charge is 0.337 e. The summed E-state index contributed by atoms with van der Waals surface area (Å²) in [5.74, 6) is -0.861. The Morgan fingerprint density at radius 1 is 1.50 bits per heavy atom. The summed E-state index contributed by atoms with van der Waals surface area (Å²) in [5.41, 5.74) is 0.00708. The van der Waals surface area contributed by atoms with Gasteiger partial charge in [-0.1, -0.05) is 6.58 Å². The standard InChI is InChI=1S/C11H12O5/c1-7(11(13)14-3)10(16-8(2)12)9-5-4-6-15-9/h4-6,10H,1H2,2-3H3. The van der Waals surface area contributed by atoms with E-state index in [1.165, 1.54) is 20.3 Å². The molecule has 0 aliphatic heterocycles. The molecule has 1 atom stereocenters. The van der Waals surface area contributed by atoms with Crippen LogP contribution >= 0.6 is 0 Å². The highest BCUT2D eigenvalue weighted by molar-refractivity contribution is 5.89. The Balaban J connectivity index is 2.92. The van der Waals surface area contributed by atoms with Crippen molar-refractivity contribution in [3.63, 3.8) is 0 Å². The van der Waals surface area contributed by atoms with Crippen molar-refractivity contribution in [3.05, 3.63) is 36.3 Å². The fourth-order valence-corrected chi connectivity index (χ4v) is 1.15. The molecule has 86 valence electrons. The second-order valence-corrected chi connectivity index (χ2v) is 3.02. The zero-order valence-corrected chi connectivity index (χ0v) is 9.06. The third-order valence-corrected chi connectivity index (χ3v) is 1.85. The normalized spacial score (nSPS) is 11.6. The van der Waals surface area contributed by atoms with Gasteiger partial charge in [0.15, 0.2) is 6.10 Å². The quantitative estimate of drug-likeness (QED) is 0.574. The van der Waals surface area contributed by atoms with E-state index in [1.807, 2.05) is 0 Å². The van der Waals surface area contributed by atoms with Crippen LogP contribution in [-0.4, -0.2) is 19.0 Å². The predicted octanol–water partition coefficient (Wildman–Crippen LogP) is 1.61. The summed E-state index contributed by atoms with van der Waals surface area (Å²) in [6.45, 7) is 4.76. The molecule has 5 heteroatoms. The molecular formula is C11H12O5. The molecule has 1 aromatic rings. The van der Waals surface area contributed by atoms with Gasteiger partial charge in [-0.25, -0.2) is 4.79 Å². The van der Waals surface area contributed by atoms with Gasteiger partial charge in [-0.15, -0.1) is 0 Å². The van der Waals surface area contributed by atoms with Gasteiger partial charge in [-0.2, -0.15) is 0 Å². The Morgan fingerprint density at radius 2 is 2.19 bits per heavy atom. The summed E-state index contributed by atoms with van der Waals surface area (Å²) < 4.78 is 14.5. The molecule has 0 aromatic carbocycles. The van der Waals surface area contributed by atoms with Crippen molar-refractivity contribution in [3.8, 4) is 0 Å². The third kappa shape index (κ3) is 2.73. The molecular weight excluding hydrogens is 212 g/mol. The minimum atomic E-state index is -0.944. The average molecular weight is 224 g/mol. The number of carbonyl (C=O) groups is 2. The van der Waals surface area contributed by atoms with Gasteiger partial charge >= 0.3 is 11.9 Å². The molecule has 0 radical (unpaired) electrons. The van der Waals surface area contributed by atoms with Crippen molar-refractivity contribution < 1.29 is 23.5 Å². The monoisotopic (exact) mass is 224 g/mol. The van der Waals surface area contributed by atoms with E-state index in [2.05, 4.69) is 11.3 Å². The lowest BCUT2D eigenvalue weighted by molar-refractivity contribution is -0.148. The number of ether oxygens (including phenoxy) is 2. The van der Waals surface area contributed by atoms with Crippen LogP contribution in [-0.2, 0) is 19.1 Å². The first-order valence-electron chi connectivity index (χ1n) is 4.54. The van der Waals surface area contributed by atoms with Crippen LogP contribution in [0.3, 0.4) is 0 Å². The summed E-state index contributed by atoms with van der Waals surface area (Å²) in [6.07, 6.45) is 0.469. The first kappa shape index (κ1) is 12.0. The van der Waals surface area contributed by atoms with Crippen molar-refractivity contribution in [1.82, 2.24) is 0 Å². The fourth-order valence-electron chi connectivity index (χ4n) is 1.15. The van der Waals surface area contributed by atoms with Crippen LogP contribution in [0.4, 0.5) is 0 Å². The molecule has 0 aliphatic rings. The van der Waals surface area contributed by atoms with Crippen LogP contribution in [0.25, 0.3) is 0 Å². The van der Waals surface area contributed by atoms with Gasteiger partial charge in [0.25, 0.3) is 0 Å². The lowest BCUT2D eigenvalue weighted by Crippen LogP contribution is -2.16. The van der Waals surface area contributed by atoms with Crippen LogP contribution < -0.4 is 0 Å². The summed E-state index contributed by atoms with van der Waals surface area (Å²) in [5, 5.41) is 0. The van der Waals surface area contributed by atoms with Gasteiger partial charge in [-0.05, 0) is 12.1 Å². The second kappa shape index (κ2) is 5.16. The van der Waals surface area contributed by atoms with Crippen LogP contribution in [0.1, 0.15) is 18.8 Å². The zero-order valence-electron chi connectivity index (χ0n) is 9.06. The second-order valence-electron chi connectivity index (χ2n) is 3.02. The maximum absolute atomic E-state index is 11.3. The molecule has 1 heterocycles. The van der Waals surface area contributed by atoms with E-state index in [4.69, 9.17) is 9.15 Å². The molecule has 0 N–H and O–H groups in total. The van der Waals surface area contributed by atoms with Crippen LogP contribution in [0.2, 0.25) is 0 Å². The molecule has 0 fully saturated rings. The highest BCUT2D eigenvalue weighted by Crippen LogP contribution is 2.26. The van der Waals surface area contributed by atoms with Gasteiger partial charge in [0.1, 0.15) is 5.76 Å². The van der Waals surface area contributed by atoms with Crippen molar-refractivity contribution in [2.24, 2.45) is 0 Å². The molecule has 0 aliphatic carbocycles. The minimum Gasteiger partial charge on any atom is -0.466 e. The van der Waals surface area contributed by atoms with Crippen molar-refractivity contribution in [2.75, 3.05) is 7.11 Å². The molecule has 0 bridgehead atoms. The maximum atomic E-state index is 11.3. The summed E-state index contributed by atoms with van der Waals surface area (Å²) in [4.78, 5) is 22.2. The van der Waals surface area contributed by atoms with E-state index in [9.17, 15) is 9.59 Å². The number of rotatable bonds is 4. The largest absolute Gasteiger partial charge is 0.466 e. The highest BCUT2D eigenvalue weighted by Gasteiger charge is 2.26. The number of hydrogen-bond acceptors (Lipinski definition) is 5. The Bertz CT molecular complexity index is 391. The number of methoxy groups -OCH3 is 1. The maximum Gasteiger partial charge on any atom is 0.337 e. The van der Waals surface area contributed by atoms with E-state index in [0.717, 1.165) is 0 Å². The number of esters is 2. The van der Waals surface area contributed by atoms with Gasteiger partial charge in [0.05, 0.1) is 18.9 Å². The lowest BCUT2D eigenvalue weighted by Gasteiger charge is -2.15. The van der Waals surface area contributed by atoms with Crippen molar-refractivity contribution >= 4 is 11.9 Å². The van der Waals surface area contributed by atoms with E-state index in [-0.39, 0.29) is 5.57 Å². The summed E-state index contributed by atoms with van der Waals surface area (Å²) in [6, 6.07) is 3.21. The first-order valence-corrected chi connectivity index (χ1v) is 4.54. The molecule has 0 amide bonds. The summed E-state index contributed by atoms with van der Waals surface area (Å²) in [7, 11) is 1.22. The molecule has 16 heavy (non-hydrogen) atoms. The molecule has 1 aromatic heterocycles. The molecule has 0 saturated heterocycles. The average Bonchev–Trinajstić information content (AvgIpc) is 2.76. The number of furan rings is 1. The molecule has 5 nitrogen and oxygen atoms in total. The fraction of sp³-hybridized carbons (Fsp3) is 0.273. The number of hydrogen-bond donors (Lipinski definition) is 0. The molecule has 0 spiro atoms. The topological polar surface area (TPSA) is 65.7 Å². The first-order chi connectivity index (χ1) is 7.56. The van der Waals surface area contributed by atoms with Gasteiger partial charge in [-0.3, -0.25) is 4.79 Å². The number of carbonyl (C=O) groups excluding carboxylic acids is 2. The third-order valence-electron chi connectivity index (χ3n) is 1.85. The van der Waals surface area contributed by atoms with Gasteiger partial charge < -0.3 is 13.9 Å². The Labute approximate surface area is 92.6 Å². The SMILES string of the molecule is C=C(C(=O)OC)C(OC(C)=O)c1ccco1. The van der Waals surface area contributed by atoms with Gasteiger partial charge in [0, 0.05) is 6.92 Å². The van der Waals surface area contributed by atoms with E-state index >= 15 is 0 Å². The zero-order chi connectivity index (χ0) is 12.1. The van der Waals surface area contributed by atoms with E-state index in [0.29, 0.717) is 5.76 Å². The minimum absolute atomic E-state index is 0.00708. The van der Waals surface area contributed by atoms with Crippen molar-refractivity contribution in [2.45, 2.75) is 13.0 Å². The van der Waals surface area contributed by atoms with Crippen molar-refractivity contribution in [1.29, 1.82) is 0 Å². The Morgan fingerprint density at radius 3 is 2.62 bits per heavy atom. The lowest BCUT2D eigenvalue weighted by atomic mass is 10.1. The highest BCUT2D eigenvalue weighted by atomic mass is 16.6. The van der Waals surface area contributed by atoms with Gasteiger partial charge in [0.2, 0.25) is 0 Å². The Hall–Kier alpha value is -2.04. The molecule has 1 unspecified atom stereocenters. The van der Waals surface area contributed by atoms with E-state index < -0.39 is 18.0 Å². The van der Waals surface area contributed by atoms with Crippen LogP contribution in [0, 0.1) is 0 Å². The Kier molecular flexibility index (Phi) is 3.88. The van der Waals surface area contributed by atoms with Crippen LogP contribution in [0.15, 0.2) is 35.0 Å². The van der Waals surface area contributed by atoms with E-state index in [1.54, 1.807) is 12.1 Å². The predicted molar refractivity (Wildman–Crippen MR) is 54.4 cm³/mol.